The highest BCUT2D eigenvalue weighted by molar-refractivity contribution is 5.76. The first-order chi connectivity index (χ1) is 4.68. The molecule has 0 saturated carbocycles. The summed E-state index contributed by atoms with van der Waals surface area (Å²) >= 11 is 0. The maximum absolute atomic E-state index is 10.8. The summed E-state index contributed by atoms with van der Waals surface area (Å²) in [6, 6.07) is 0. The number of rotatable bonds is 0. The number of hydrogen-bond donors (Lipinski definition) is 1. The largest absolute Gasteiger partial charge is 0.373 e. The molecule has 0 bridgehead atoms. The van der Waals surface area contributed by atoms with Crippen LogP contribution in [0.4, 0.5) is 0 Å². The highest BCUT2D eigenvalue weighted by Crippen LogP contribution is 2.05. The van der Waals surface area contributed by atoms with Gasteiger partial charge in [0.15, 0.2) is 0 Å². The van der Waals surface area contributed by atoms with E-state index in [1.165, 1.54) is 0 Å². The van der Waals surface area contributed by atoms with Gasteiger partial charge in [0.25, 0.3) is 0 Å². The molecule has 2 atom stereocenters. The van der Waals surface area contributed by atoms with Gasteiger partial charge in [-0.15, -0.1) is 0 Å². The zero-order chi connectivity index (χ0) is 7.56. The van der Waals surface area contributed by atoms with Crippen molar-refractivity contribution in [3.8, 4) is 0 Å². The normalized spacial score (nSPS) is 34.8. The van der Waals surface area contributed by atoms with Gasteiger partial charge in [-0.1, -0.05) is 0 Å². The van der Waals surface area contributed by atoms with Crippen LogP contribution < -0.4 is 5.32 Å². The maximum atomic E-state index is 10.8. The molecule has 0 spiro atoms. The van der Waals surface area contributed by atoms with E-state index in [1.807, 2.05) is 13.8 Å². The van der Waals surface area contributed by atoms with E-state index in [4.69, 9.17) is 4.74 Å². The van der Waals surface area contributed by atoms with Gasteiger partial charge in [-0.05, 0) is 13.8 Å². The second-order valence-electron chi connectivity index (χ2n) is 2.77. The van der Waals surface area contributed by atoms with Gasteiger partial charge in [-0.2, -0.15) is 0 Å². The van der Waals surface area contributed by atoms with Crippen molar-refractivity contribution in [3.63, 3.8) is 0 Å². The predicted octanol–water partition coefficient (Wildman–Crippen LogP) is 0.300. The lowest BCUT2D eigenvalue weighted by molar-refractivity contribution is -0.121. The monoisotopic (exact) mass is 143 g/mol. The molecule has 10 heavy (non-hydrogen) atoms. The van der Waals surface area contributed by atoms with Crippen molar-refractivity contribution in [1.29, 1.82) is 0 Å². The average Bonchev–Trinajstić information content (AvgIpc) is 1.93. The van der Waals surface area contributed by atoms with E-state index in [9.17, 15) is 4.79 Å². The predicted molar refractivity (Wildman–Crippen MR) is 37.6 cm³/mol. The Labute approximate surface area is 60.7 Å². The number of carbonyl (C=O) groups excluding carboxylic acids is 1. The van der Waals surface area contributed by atoms with Gasteiger partial charge in [0, 0.05) is 6.54 Å². The molecule has 1 heterocycles. The standard InChI is InChI=1S/C7H13NO2/c1-5-3-7(9)8-4-6(2)10-5/h5-6H,3-4H2,1-2H3,(H,8,9)/t5-,6+/m0/s1. The molecule has 0 radical (unpaired) electrons. The van der Waals surface area contributed by atoms with Crippen LogP contribution in [0.1, 0.15) is 20.3 Å². The summed E-state index contributed by atoms with van der Waals surface area (Å²) in [4.78, 5) is 10.8. The second kappa shape index (κ2) is 3.01. The molecule has 1 N–H and O–H groups in total. The summed E-state index contributed by atoms with van der Waals surface area (Å²) in [6.45, 7) is 4.52. The van der Waals surface area contributed by atoms with E-state index in [0.717, 1.165) is 0 Å². The van der Waals surface area contributed by atoms with Crippen LogP contribution in [-0.2, 0) is 9.53 Å². The quantitative estimate of drug-likeness (QED) is 0.529. The van der Waals surface area contributed by atoms with Crippen LogP contribution in [0.15, 0.2) is 0 Å². The van der Waals surface area contributed by atoms with Crippen LogP contribution in [0.2, 0.25) is 0 Å². The Balaban J connectivity index is 2.46. The van der Waals surface area contributed by atoms with Gasteiger partial charge in [0.05, 0.1) is 18.6 Å². The third-order valence-electron chi connectivity index (χ3n) is 1.52. The zero-order valence-corrected chi connectivity index (χ0v) is 6.39. The Bertz CT molecular complexity index is 136. The van der Waals surface area contributed by atoms with Gasteiger partial charge in [-0.25, -0.2) is 0 Å². The molecule has 1 aliphatic heterocycles. The van der Waals surface area contributed by atoms with Crippen LogP contribution in [0.3, 0.4) is 0 Å². The molecule has 0 aliphatic carbocycles. The minimum atomic E-state index is 0.0671. The average molecular weight is 143 g/mol. The van der Waals surface area contributed by atoms with Crippen molar-refractivity contribution in [2.24, 2.45) is 0 Å². The molecule has 1 saturated heterocycles. The Morgan fingerprint density at radius 3 is 2.90 bits per heavy atom. The third-order valence-corrected chi connectivity index (χ3v) is 1.52. The van der Waals surface area contributed by atoms with Crippen LogP contribution in [0, 0.1) is 0 Å². The highest BCUT2D eigenvalue weighted by Gasteiger charge is 2.17. The van der Waals surface area contributed by atoms with E-state index >= 15 is 0 Å². The van der Waals surface area contributed by atoms with Gasteiger partial charge in [0.1, 0.15) is 0 Å². The van der Waals surface area contributed by atoms with E-state index in [1.54, 1.807) is 0 Å². The first kappa shape index (κ1) is 7.54. The number of hydrogen-bond acceptors (Lipinski definition) is 2. The molecule has 0 aromatic heterocycles. The summed E-state index contributed by atoms with van der Waals surface area (Å²) in [5.74, 6) is 0.0943. The topological polar surface area (TPSA) is 38.3 Å². The van der Waals surface area contributed by atoms with E-state index < -0.39 is 0 Å². The maximum Gasteiger partial charge on any atom is 0.222 e. The summed E-state index contributed by atoms with van der Waals surface area (Å²) in [7, 11) is 0. The minimum absolute atomic E-state index is 0.0671. The molecule has 1 rings (SSSR count). The molecule has 0 unspecified atom stereocenters. The molecule has 1 aliphatic rings. The fourth-order valence-corrected chi connectivity index (χ4v) is 1.08. The molecule has 0 aromatic carbocycles. The molecular formula is C7H13NO2. The smallest absolute Gasteiger partial charge is 0.222 e. The summed E-state index contributed by atoms with van der Waals surface area (Å²) < 4.78 is 5.40. The Morgan fingerprint density at radius 2 is 2.20 bits per heavy atom. The van der Waals surface area contributed by atoms with Gasteiger partial charge >= 0.3 is 0 Å². The molecule has 0 aromatic rings. The first-order valence-corrected chi connectivity index (χ1v) is 3.60. The van der Waals surface area contributed by atoms with Crippen LogP contribution in [0.25, 0.3) is 0 Å². The molecule has 1 amide bonds. The fraction of sp³-hybridized carbons (Fsp3) is 0.857. The number of amides is 1. The Hall–Kier alpha value is -0.570. The summed E-state index contributed by atoms with van der Waals surface area (Å²) in [5.41, 5.74) is 0. The van der Waals surface area contributed by atoms with Crippen molar-refractivity contribution in [3.05, 3.63) is 0 Å². The van der Waals surface area contributed by atoms with Crippen LogP contribution in [0.5, 0.6) is 0 Å². The van der Waals surface area contributed by atoms with E-state index in [-0.39, 0.29) is 18.1 Å². The third kappa shape index (κ3) is 1.99. The lowest BCUT2D eigenvalue weighted by Gasteiger charge is -2.11. The van der Waals surface area contributed by atoms with Gasteiger partial charge in [-0.3, -0.25) is 4.79 Å². The van der Waals surface area contributed by atoms with Crippen molar-refractivity contribution in [2.45, 2.75) is 32.5 Å². The fourth-order valence-electron chi connectivity index (χ4n) is 1.08. The minimum Gasteiger partial charge on any atom is -0.373 e. The van der Waals surface area contributed by atoms with Crippen LogP contribution >= 0.6 is 0 Å². The van der Waals surface area contributed by atoms with Crippen molar-refractivity contribution < 1.29 is 9.53 Å². The van der Waals surface area contributed by atoms with Crippen LogP contribution in [-0.4, -0.2) is 24.7 Å². The summed E-state index contributed by atoms with van der Waals surface area (Å²) in [5, 5.41) is 2.76. The number of ether oxygens (including phenoxy) is 1. The number of nitrogens with one attached hydrogen (secondary N) is 1. The van der Waals surface area contributed by atoms with Gasteiger partial charge < -0.3 is 10.1 Å². The first-order valence-electron chi connectivity index (χ1n) is 3.60. The molecule has 3 heteroatoms. The van der Waals surface area contributed by atoms with Crippen molar-refractivity contribution in [2.75, 3.05) is 6.54 Å². The van der Waals surface area contributed by atoms with Crippen molar-refractivity contribution in [1.82, 2.24) is 5.32 Å². The Kier molecular flexibility index (Phi) is 2.27. The number of carbonyl (C=O) groups is 1. The van der Waals surface area contributed by atoms with Gasteiger partial charge in [0.2, 0.25) is 5.91 Å². The molecule has 3 nitrogen and oxygen atoms in total. The molecular weight excluding hydrogens is 130 g/mol. The second-order valence-corrected chi connectivity index (χ2v) is 2.77. The zero-order valence-electron chi connectivity index (χ0n) is 6.39. The lowest BCUT2D eigenvalue weighted by atomic mass is 10.3. The van der Waals surface area contributed by atoms with E-state index in [0.29, 0.717) is 13.0 Å². The lowest BCUT2D eigenvalue weighted by Crippen LogP contribution is -2.27. The Morgan fingerprint density at radius 1 is 1.50 bits per heavy atom. The van der Waals surface area contributed by atoms with E-state index in [2.05, 4.69) is 5.32 Å². The van der Waals surface area contributed by atoms with Crippen molar-refractivity contribution >= 4 is 5.91 Å². The molecule has 58 valence electrons. The summed E-state index contributed by atoms with van der Waals surface area (Å²) in [6.07, 6.45) is 0.712. The SMILES string of the molecule is C[C@@H]1CNC(=O)C[C@H](C)O1. The highest BCUT2D eigenvalue weighted by atomic mass is 16.5. The molecule has 1 fully saturated rings.